The molecule has 0 amide bonds. The van der Waals surface area contributed by atoms with Crippen LogP contribution in [0.25, 0.3) is 0 Å². The van der Waals surface area contributed by atoms with E-state index in [9.17, 15) is 0 Å². The first-order valence-corrected chi connectivity index (χ1v) is 4.08. The van der Waals surface area contributed by atoms with E-state index in [2.05, 4.69) is 18.4 Å². The van der Waals surface area contributed by atoms with Crippen LogP contribution in [0.3, 0.4) is 0 Å². The van der Waals surface area contributed by atoms with Gasteiger partial charge in [-0.1, -0.05) is 42.7 Å². The second-order valence-corrected chi connectivity index (χ2v) is 2.53. The molecular weight excluding hydrogens is 160 g/mol. The Morgan fingerprint density at radius 2 is 2.08 bits per heavy atom. The lowest BCUT2D eigenvalue weighted by atomic mass is 10.2. The van der Waals surface area contributed by atoms with E-state index in [0.29, 0.717) is 0 Å². The molecule has 1 rings (SSSR count). The van der Waals surface area contributed by atoms with E-state index < -0.39 is 0 Å². The SMILES string of the molecule is C=CC(C#Cc1ccccc1)OC. The third-order valence-corrected chi connectivity index (χ3v) is 1.60. The van der Waals surface area contributed by atoms with E-state index in [1.807, 2.05) is 30.3 Å². The van der Waals surface area contributed by atoms with Crippen molar-refractivity contribution in [3.63, 3.8) is 0 Å². The standard InChI is InChI=1S/C12H12O/c1-3-12(13-2)10-9-11-7-5-4-6-8-11/h3-8,12H,1H2,2H3. The quantitative estimate of drug-likeness (QED) is 0.491. The van der Waals surface area contributed by atoms with Crippen molar-refractivity contribution >= 4 is 0 Å². The summed E-state index contributed by atoms with van der Waals surface area (Å²) in [4.78, 5) is 0. The van der Waals surface area contributed by atoms with Crippen molar-refractivity contribution in [3.8, 4) is 11.8 Å². The number of methoxy groups -OCH3 is 1. The number of rotatable bonds is 2. The third kappa shape index (κ3) is 3.14. The summed E-state index contributed by atoms with van der Waals surface area (Å²) >= 11 is 0. The molecule has 0 aliphatic rings. The highest BCUT2D eigenvalue weighted by Gasteiger charge is 1.92. The summed E-state index contributed by atoms with van der Waals surface area (Å²) in [6, 6.07) is 9.80. The summed E-state index contributed by atoms with van der Waals surface area (Å²) in [5.41, 5.74) is 0.992. The van der Waals surface area contributed by atoms with Crippen LogP contribution in [0.5, 0.6) is 0 Å². The lowest BCUT2D eigenvalue weighted by molar-refractivity contribution is 0.185. The predicted octanol–water partition coefficient (Wildman–Crippen LogP) is 2.24. The summed E-state index contributed by atoms with van der Waals surface area (Å²) < 4.78 is 5.03. The van der Waals surface area contributed by atoms with E-state index in [0.717, 1.165) is 5.56 Å². The van der Waals surface area contributed by atoms with Crippen LogP contribution in [-0.2, 0) is 4.74 Å². The Morgan fingerprint density at radius 3 is 2.62 bits per heavy atom. The number of benzene rings is 1. The van der Waals surface area contributed by atoms with Crippen molar-refractivity contribution in [3.05, 3.63) is 48.6 Å². The van der Waals surface area contributed by atoms with Crippen LogP contribution >= 0.6 is 0 Å². The fraction of sp³-hybridized carbons (Fsp3) is 0.167. The molecule has 0 bridgehead atoms. The van der Waals surface area contributed by atoms with Gasteiger partial charge in [0.1, 0.15) is 6.10 Å². The lowest BCUT2D eigenvalue weighted by Gasteiger charge is -1.98. The molecule has 0 radical (unpaired) electrons. The topological polar surface area (TPSA) is 9.23 Å². The summed E-state index contributed by atoms with van der Waals surface area (Å²) in [5, 5.41) is 0. The van der Waals surface area contributed by atoms with Gasteiger partial charge >= 0.3 is 0 Å². The largest absolute Gasteiger partial charge is 0.365 e. The van der Waals surface area contributed by atoms with Crippen LogP contribution in [0.15, 0.2) is 43.0 Å². The van der Waals surface area contributed by atoms with Gasteiger partial charge in [0.15, 0.2) is 0 Å². The second-order valence-electron chi connectivity index (χ2n) is 2.53. The Hall–Kier alpha value is -1.52. The van der Waals surface area contributed by atoms with Crippen molar-refractivity contribution in [2.45, 2.75) is 6.10 Å². The molecule has 1 aromatic rings. The first-order chi connectivity index (χ1) is 6.36. The molecule has 1 aromatic carbocycles. The normalized spacial score (nSPS) is 11.2. The van der Waals surface area contributed by atoms with Crippen molar-refractivity contribution in [2.24, 2.45) is 0 Å². The molecule has 0 aliphatic heterocycles. The summed E-state index contributed by atoms with van der Waals surface area (Å²) in [7, 11) is 1.62. The van der Waals surface area contributed by atoms with Gasteiger partial charge in [0, 0.05) is 12.7 Å². The molecule has 66 valence electrons. The third-order valence-electron chi connectivity index (χ3n) is 1.60. The molecule has 1 heteroatoms. The molecule has 0 heterocycles. The van der Waals surface area contributed by atoms with E-state index >= 15 is 0 Å². The van der Waals surface area contributed by atoms with Gasteiger partial charge in [0.25, 0.3) is 0 Å². The summed E-state index contributed by atoms with van der Waals surface area (Å²) in [6.45, 7) is 3.62. The van der Waals surface area contributed by atoms with Crippen LogP contribution < -0.4 is 0 Å². The first kappa shape index (κ1) is 9.57. The zero-order valence-corrected chi connectivity index (χ0v) is 7.66. The van der Waals surface area contributed by atoms with E-state index in [-0.39, 0.29) is 6.10 Å². The average molecular weight is 172 g/mol. The second kappa shape index (κ2) is 5.18. The molecule has 0 saturated heterocycles. The smallest absolute Gasteiger partial charge is 0.136 e. The Balaban J connectivity index is 2.72. The molecule has 0 N–H and O–H groups in total. The molecule has 0 spiro atoms. The maximum atomic E-state index is 5.03. The van der Waals surface area contributed by atoms with Crippen LogP contribution in [0, 0.1) is 11.8 Å². The Morgan fingerprint density at radius 1 is 1.38 bits per heavy atom. The van der Waals surface area contributed by atoms with Crippen molar-refractivity contribution in [1.82, 2.24) is 0 Å². The van der Waals surface area contributed by atoms with Crippen molar-refractivity contribution in [2.75, 3.05) is 7.11 Å². The highest BCUT2D eigenvalue weighted by Crippen LogP contribution is 1.96. The first-order valence-electron chi connectivity index (χ1n) is 4.08. The monoisotopic (exact) mass is 172 g/mol. The van der Waals surface area contributed by atoms with Crippen LogP contribution in [0.1, 0.15) is 5.56 Å². The Labute approximate surface area is 79.0 Å². The van der Waals surface area contributed by atoms with Crippen LogP contribution in [-0.4, -0.2) is 13.2 Å². The number of ether oxygens (including phenoxy) is 1. The van der Waals surface area contributed by atoms with Gasteiger partial charge in [0.05, 0.1) is 0 Å². The zero-order chi connectivity index (χ0) is 9.52. The van der Waals surface area contributed by atoms with Crippen LogP contribution in [0.4, 0.5) is 0 Å². The molecule has 1 atom stereocenters. The van der Waals surface area contributed by atoms with Crippen LogP contribution in [0.2, 0.25) is 0 Å². The van der Waals surface area contributed by atoms with Crippen molar-refractivity contribution in [1.29, 1.82) is 0 Å². The van der Waals surface area contributed by atoms with E-state index in [1.54, 1.807) is 13.2 Å². The maximum absolute atomic E-state index is 5.03. The van der Waals surface area contributed by atoms with E-state index in [1.165, 1.54) is 0 Å². The van der Waals surface area contributed by atoms with Gasteiger partial charge < -0.3 is 4.74 Å². The zero-order valence-electron chi connectivity index (χ0n) is 7.66. The predicted molar refractivity (Wildman–Crippen MR) is 54.3 cm³/mol. The molecule has 0 aromatic heterocycles. The lowest BCUT2D eigenvalue weighted by Crippen LogP contribution is -2.01. The summed E-state index contributed by atoms with van der Waals surface area (Å²) in [6.07, 6.45) is 1.50. The molecule has 0 aliphatic carbocycles. The Bertz CT molecular complexity index is 316. The van der Waals surface area contributed by atoms with Gasteiger partial charge in [-0.05, 0) is 12.1 Å². The molecule has 0 saturated carbocycles. The number of hydrogen-bond acceptors (Lipinski definition) is 1. The Kier molecular flexibility index (Phi) is 3.81. The van der Waals surface area contributed by atoms with Crippen molar-refractivity contribution < 1.29 is 4.74 Å². The molecule has 1 unspecified atom stereocenters. The van der Waals surface area contributed by atoms with Gasteiger partial charge in [-0.15, -0.1) is 0 Å². The number of hydrogen-bond donors (Lipinski definition) is 0. The minimum Gasteiger partial charge on any atom is -0.365 e. The highest BCUT2D eigenvalue weighted by atomic mass is 16.5. The molecule has 1 nitrogen and oxygen atoms in total. The van der Waals surface area contributed by atoms with Gasteiger partial charge in [-0.2, -0.15) is 0 Å². The average Bonchev–Trinajstić information content (AvgIpc) is 2.21. The fourth-order valence-electron chi connectivity index (χ4n) is 0.890. The molecular formula is C12H12O. The molecule has 13 heavy (non-hydrogen) atoms. The highest BCUT2D eigenvalue weighted by molar-refractivity contribution is 5.35. The van der Waals surface area contributed by atoms with Gasteiger partial charge in [-0.25, -0.2) is 0 Å². The maximum Gasteiger partial charge on any atom is 0.136 e. The molecule has 0 fully saturated rings. The van der Waals surface area contributed by atoms with Gasteiger partial charge in [-0.3, -0.25) is 0 Å². The minimum atomic E-state index is -0.180. The summed E-state index contributed by atoms with van der Waals surface area (Å²) in [5.74, 6) is 5.95. The minimum absolute atomic E-state index is 0.180. The van der Waals surface area contributed by atoms with Gasteiger partial charge in [0.2, 0.25) is 0 Å². The van der Waals surface area contributed by atoms with E-state index in [4.69, 9.17) is 4.74 Å². The fourth-order valence-corrected chi connectivity index (χ4v) is 0.890.